The maximum Gasteiger partial charge on any atom is 0.175 e. The number of benzene rings is 1. The Bertz CT molecular complexity index is 508. The predicted octanol–water partition coefficient (Wildman–Crippen LogP) is 3.57. The molecular formula is C16H27NO2S. The van der Waals surface area contributed by atoms with Crippen molar-refractivity contribution in [1.29, 1.82) is 0 Å². The van der Waals surface area contributed by atoms with Crippen molar-refractivity contribution < 1.29 is 8.42 Å². The van der Waals surface area contributed by atoms with E-state index in [4.69, 9.17) is 0 Å². The molecule has 0 aliphatic heterocycles. The third-order valence-corrected chi connectivity index (χ3v) is 4.92. The molecule has 0 fully saturated rings. The Kier molecular flexibility index (Phi) is 6.21. The normalized spacial score (nSPS) is 16.6. The molecule has 1 N–H and O–H groups in total. The van der Waals surface area contributed by atoms with Gasteiger partial charge in [-0.3, -0.25) is 0 Å². The average Bonchev–Trinajstić information content (AvgIpc) is 2.37. The van der Waals surface area contributed by atoms with Gasteiger partial charge >= 0.3 is 0 Å². The van der Waals surface area contributed by atoms with E-state index in [-0.39, 0.29) is 6.04 Å². The Hall–Kier alpha value is -0.870. The summed E-state index contributed by atoms with van der Waals surface area (Å²) in [6.45, 7) is 8.80. The van der Waals surface area contributed by atoms with Crippen LogP contribution >= 0.6 is 0 Å². The van der Waals surface area contributed by atoms with E-state index < -0.39 is 9.84 Å². The van der Waals surface area contributed by atoms with E-state index in [1.54, 1.807) is 12.1 Å². The zero-order valence-corrected chi connectivity index (χ0v) is 14.0. The van der Waals surface area contributed by atoms with Crippen LogP contribution in [0.25, 0.3) is 0 Å². The first-order chi connectivity index (χ1) is 9.24. The van der Waals surface area contributed by atoms with E-state index in [0.717, 1.165) is 17.9 Å². The Morgan fingerprint density at radius 2 is 1.65 bits per heavy atom. The molecule has 0 spiro atoms. The molecule has 0 bridgehead atoms. The molecule has 3 unspecified atom stereocenters. The highest BCUT2D eigenvalue weighted by atomic mass is 32.2. The van der Waals surface area contributed by atoms with Gasteiger partial charge in [0.05, 0.1) is 4.90 Å². The topological polar surface area (TPSA) is 46.2 Å². The van der Waals surface area contributed by atoms with E-state index in [1.165, 1.54) is 12.7 Å². The van der Waals surface area contributed by atoms with Crippen LogP contribution in [0.1, 0.15) is 52.1 Å². The van der Waals surface area contributed by atoms with Crippen LogP contribution in [0.4, 0.5) is 0 Å². The highest BCUT2D eigenvalue weighted by Crippen LogP contribution is 2.18. The fourth-order valence-electron chi connectivity index (χ4n) is 2.36. The zero-order valence-electron chi connectivity index (χ0n) is 13.2. The molecule has 1 aromatic carbocycles. The van der Waals surface area contributed by atoms with Crippen LogP contribution in [-0.4, -0.2) is 20.7 Å². The second kappa shape index (κ2) is 7.23. The number of hydrogen-bond donors (Lipinski definition) is 1. The largest absolute Gasteiger partial charge is 0.308 e. The summed E-state index contributed by atoms with van der Waals surface area (Å²) in [5.74, 6) is 0.720. The van der Waals surface area contributed by atoms with Crippen molar-refractivity contribution in [3.05, 3.63) is 29.8 Å². The molecule has 20 heavy (non-hydrogen) atoms. The molecule has 1 rings (SSSR count). The number of nitrogens with one attached hydrogen (secondary N) is 1. The molecule has 0 aliphatic carbocycles. The summed E-state index contributed by atoms with van der Waals surface area (Å²) in [4.78, 5) is 0.376. The van der Waals surface area contributed by atoms with Gasteiger partial charge in [0.25, 0.3) is 0 Å². The summed E-state index contributed by atoms with van der Waals surface area (Å²) in [5, 5.41) is 3.57. The van der Waals surface area contributed by atoms with Crippen LogP contribution in [0, 0.1) is 5.92 Å². The van der Waals surface area contributed by atoms with Crippen molar-refractivity contribution in [3.63, 3.8) is 0 Å². The summed E-state index contributed by atoms with van der Waals surface area (Å²) in [5.41, 5.74) is 1.12. The van der Waals surface area contributed by atoms with Gasteiger partial charge in [0.1, 0.15) is 0 Å². The summed E-state index contributed by atoms with van der Waals surface area (Å²) in [6, 6.07) is 7.83. The lowest BCUT2D eigenvalue weighted by atomic mass is 9.99. The van der Waals surface area contributed by atoms with Crippen molar-refractivity contribution in [3.8, 4) is 0 Å². The van der Waals surface area contributed by atoms with Crippen LogP contribution < -0.4 is 5.32 Å². The van der Waals surface area contributed by atoms with Gasteiger partial charge in [-0.1, -0.05) is 32.4 Å². The Balaban J connectivity index is 2.66. The van der Waals surface area contributed by atoms with Gasteiger partial charge in [0.2, 0.25) is 0 Å². The van der Waals surface area contributed by atoms with Crippen molar-refractivity contribution in [2.45, 2.75) is 57.5 Å². The van der Waals surface area contributed by atoms with Crippen molar-refractivity contribution in [1.82, 2.24) is 5.32 Å². The smallest absolute Gasteiger partial charge is 0.175 e. The Morgan fingerprint density at radius 3 is 2.10 bits per heavy atom. The SMILES string of the molecule is CCC(C)CC(C)NC(C)c1ccc(S(C)(=O)=O)cc1. The lowest BCUT2D eigenvalue weighted by molar-refractivity contribution is 0.385. The molecular weight excluding hydrogens is 270 g/mol. The van der Waals surface area contributed by atoms with E-state index in [0.29, 0.717) is 10.9 Å². The summed E-state index contributed by atoms with van der Waals surface area (Å²) in [7, 11) is -3.11. The molecule has 114 valence electrons. The summed E-state index contributed by atoms with van der Waals surface area (Å²) < 4.78 is 22.9. The van der Waals surface area contributed by atoms with E-state index >= 15 is 0 Å². The second-order valence-corrected chi connectivity index (χ2v) is 7.90. The summed E-state index contributed by atoms with van der Waals surface area (Å²) >= 11 is 0. The molecule has 0 radical (unpaired) electrons. The fraction of sp³-hybridized carbons (Fsp3) is 0.625. The first-order valence-electron chi connectivity index (χ1n) is 7.30. The summed E-state index contributed by atoms with van der Waals surface area (Å²) in [6.07, 6.45) is 3.59. The first kappa shape index (κ1) is 17.2. The Labute approximate surface area is 123 Å². The minimum absolute atomic E-state index is 0.225. The highest BCUT2D eigenvalue weighted by Gasteiger charge is 2.13. The second-order valence-electron chi connectivity index (χ2n) is 5.88. The van der Waals surface area contributed by atoms with Crippen LogP contribution in [0.5, 0.6) is 0 Å². The molecule has 4 heteroatoms. The molecule has 0 heterocycles. The molecule has 1 aromatic rings. The standard InChI is InChI=1S/C16H27NO2S/c1-6-12(2)11-13(3)17-14(4)15-7-9-16(10-8-15)20(5,18)19/h7-10,12-14,17H,6,11H2,1-5H3. The van der Waals surface area contributed by atoms with Crippen LogP contribution in [0.3, 0.4) is 0 Å². The predicted molar refractivity (Wildman–Crippen MR) is 84.6 cm³/mol. The van der Waals surface area contributed by atoms with Crippen molar-refractivity contribution in [2.24, 2.45) is 5.92 Å². The molecule has 3 nitrogen and oxygen atoms in total. The van der Waals surface area contributed by atoms with Gasteiger partial charge in [-0.05, 0) is 43.9 Å². The quantitative estimate of drug-likeness (QED) is 0.837. The third-order valence-electron chi connectivity index (χ3n) is 3.80. The lowest BCUT2D eigenvalue weighted by Gasteiger charge is -2.22. The van der Waals surface area contributed by atoms with Gasteiger partial charge in [-0.15, -0.1) is 0 Å². The molecule has 0 saturated heterocycles. The number of hydrogen-bond acceptors (Lipinski definition) is 3. The molecule has 0 saturated carbocycles. The molecule has 0 aliphatic rings. The van der Waals surface area contributed by atoms with Crippen LogP contribution in [0.15, 0.2) is 29.2 Å². The van der Waals surface area contributed by atoms with Gasteiger partial charge in [-0.25, -0.2) is 8.42 Å². The third kappa shape index (κ3) is 5.25. The maximum atomic E-state index is 11.4. The monoisotopic (exact) mass is 297 g/mol. The minimum atomic E-state index is -3.11. The van der Waals surface area contributed by atoms with E-state index in [1.807, 2.05) is 12.1 Å². The maximum absolute atomic E-state index is 11.4. The van der Waals surface area contributed by atoms with E-state index in [9.17, 15) is 8.42 Å². The van der Waals surface area contributed by atoms with Gasteiger partial charge < -0.3 is 5.32 Å². The molecule has 3 atom stereocenters. The minimum Gasteiger partial charge on any atom is -0.308 e. The van der Waals surface area contributed by atoms with Gasteiger partial charge in [-0.2, -0.15) is 0 Å². The fourth-order valence-corrected chi connectivity index (χ4v) is 3.00. The Morgan fingerprint density at radius 1 is 1.10 bits per heavy atom. The van der Waals surface area contributed by atoms with Gasteiger partial charge in [0.15, 0.2) is 9.84 Å². The lowest BCUT2D eigenvalue weighted by Crippen LogP contribution is -2.30. The van der Waals surface area contributed by atoms with Crippen molar-refractivity contribution >= 4 is 9.84 Å². The average molecular weight is 297 g/mol. The molecule has 0 aromatic heterocycles. The first-order valence-corrected chi connectivity index (χ1v) is 9.19. The highest BCUT2D eigenvalue weighted by molar-refractivity contribution is 7.90. The van der Waals surface area contributed by atoms with Crippen molar-refractivity contribution in [2.75, 3.05) is 6.26 Å². The van der Waals surface area contributed by atoms with Gasteiger partial charge in [0, 0.05) is 18.3 Å². The number of rotatable bonds is 7. The molecule has 0 amide bonds. The van der Waals surface area contributed by atoms with Crippen LogP contribution in [0.2, 0.25) is 0 Å². The van der Waals surface area contributed by atoms with Crippen LogP contribution in [-0.2, 0) is 9.84 Å². The van der Waals surface area contributed by atoms with E-state index in [2.05, 4.69) is 33.0 Å². The zero-order chi connectivity index (χ0) is 15.3. The number of sulfone groups is 1.